The Morgan fingerprint density at radius 1 is 1.25 bits per heavy atom. The molecule has 0 aliphatic carbocycles. The van der Waals surface area contributed by atoms with Crippen LogP contribution in [0.25, 0.3) is 0 Å². The van der Waals surface area contributed by atoms with Crippen LogP contribution in [0.3, 0.4) is 0 Å². The van der Waals surface area contributed by atoms with Crippen LogP contribution in [0.5, 0.6) is 0 Å². The summed E-state index contributed by atoms with van der Waals surface area (Å²) in [6.45, 7) is 7.06. The number of ether oxygens (including phenoxy) is 2. The van der Waals surface area contributed by atoms with Crippen LogP contribution in [0, 0.1) is 0 Å². The highest BCUT2D eigenvalue weighted by Gasteiger charge is 2.57. The highest BCUT2D eigenvalue weighted by molar-refractivity contribution is 6.69. The highest BCUT2D eigenvalue weighted by Crippen LogP contribution is 2.39. The van der Waals surface area contributed by atoms with Gasteiger partial charge in [-0.1, -0.05) is 6.92 Å². The molecule has 0 radical (unpaired) electrons. The molecule has 96 valence electrons. The van der Waals surface area contributed by atoms with Gasteiger partial charge in [-0.2, -0.15) is 8.78 Å². The molecule has 0 aromatic carbocycles. The average molecular weight is 254 g/mol. The third-order valence-corrected chi connectivity index (χ3v) is 3.47. The van der Waals surface area contributed by atoms with E-state index in [4.69, 9.17) is 13.9 Å². The molecule has 6 heteroatoms. The smallest absolute Gasteiger partial charge is 0.322 e. The first kappa shape index (κ1) is 14.0. The Morgan fingerprint density at radius 3 is 2.12 bits per heavy atom. The molecule has 1 rings (SSSR count). The predicted molar refractivity (Wildman–Crippen MR) is 59.2 cm³/mol. The van der Waals surface area contributed by atoms with Crippen molar-refractivity contribution in [3.05, 3.63) is 0 Å². The Morgan fingerprint density at radius 2 is 1.75 bits per heavy atom. The molecule has 1 fully saturated rings. The normalized spacial score (nSPS) is 21.4. The molecule has 1 aliphatic rings. The lowest BCUT2D eigenvalue weighted by Crippen LogP contribution is -2.53. The molecule has 0 atom stereocenters. The minimum Gasteiger partial charge on any atom is -0.411 e. The maximum absolute atomic E-state index is 14.0. The van der Waals surface area contributed by atoms with Crippen LogP contribution in [0.1, 0.15) is 13.3 Å². The molecule has 0 unspecified atom stereocenters. The number of alkyl halides is 2. The lowest BCUT2D eigenvalue weighted by atomic mass is 10.1. The van der Waals surface area contributed by atoms with Crippen molar-refractivity contribution in [1.82, 2.24) is 0 Å². The zero-order valence-electron chi connectivity index (χ0n) is 10.3. The highest BCUT2D eigenvalue weighted by atomic mass is 28.4. The van der Waals surface area contributed by atoms with Crippen molar-refractivity contribution in [1.29, 1.82) is 0 Å². The molecule has 0 amide bonds. The van der Waals surface area contributed by atoms with E-state index in [-0.39, 0.29) is 19.6 Å². The van der Waals surface area contributed by atoms with Gasteiger partial charge in [0.05, 0.1) is 13.2 Å². The van der Waals surface area contributed by atoms with Crippen LogP contribution in [0.4, 0.5) is 8.78 Å². The Balaban J connectivity index is 2.67. The number of hydrogen-bond donors (Lipinski definition) is 0. The van der Waals surface area contributed by atoms with Crippen LogP contribution in [0.2, 0.25) is 19.6 Å². The molecule has 1 aliphatic heterocycles. The fourth-order valence-electron chi connectivity index (χ4n) is 1.55. The van der Waals surface area contributed by atoms with Crippen LogP contribution in [-0.4, -0.2) is 39.8 Å². The van der Waals surface area contributed by atoms with Crippen LogP contribution >= 0.6 is 0 Å². The number of rotatable bonds is 5. The van der Waals surface area contributed by atoms with Gasteiger partial charge in [-0.05, 0) is 19.6 Å². The van der Waals surface area contributed by atoms with Gasteiger partial charge in [-0.25, -0.2) is 0 Å². The van der Waals surface area contributed by atoms with E-state index < -0.39 is 26.6 Å². The molecule has 0 spiro atoms. The van der Waals surface area contributed by atoms with Crippen LogP contribution in [-0.2, 0) is 13.9 Å². The Bertz CT molecular complexity index is 235. The van der Waals surface area contributed by atoms with Crippen molar-refractivity contribution >= 4 is 8.32 Å². The quantitative estimate of drug-likeness (QED) is 0.706. The third kappa shape index (κ3) is 3.00. The van der Waals surface area contributed by atoms with E-state index in [1.54, 1.807) is 6.92 Å². The van der Waals surface area contributed by atoms with Crippen molar-refractivity contribution in [3.8, 4) is 0 Å². The molecule has 1 saturated heterocycles. The predicted octanol–water partition coefficient (Wildman–Crippen LogP) is 2.63. The van der Waals surface area contributed by atoms with E-state index in [1.807, 2.05) is 19.6 Å². The molecular weight excluding hydrogens is 234 g/mol. The van der Waals surface area contributed by atoms with Gasteiger partial charge in [-0.15, -0.1) is 0 Å². The van der Waals surface area contributed by atoms with Crippen molar-refractivity contribution in [2.75, 3.05) is 19.8 Å². The van der Waals surface area contributed by atoms with E-state index in [0.29, 0.717) is 0 Å². The van der Waals surface area contributed by atoms with Gasteiger partial charge in [0.15, 0.2) is 8.32 Å². The monoisotopic (exact) mass is 254 g/mol. The molecule has 1 heterocycles. The molecule has 16 heavy (non-hydrogen) atoms. The Hall–Kier alpha value is -0.0431. The second kappa shape index (κ2) is 4.68. The van der Waals surface area contributed by atoms with Crippen molar-refractivity contribution < 1.29 is 22.7 Å². The fraction of sp³-hybridized carbons (Fsp3) is 1.00. The fourth-order valence-corrected chi connectivity index (χ4v) is 2.16. The van der Waals surface area contributed by atoms with Gasteiger partial charge in [0, 0.05) is 6.42 Å². The van der Waals surface area contributed by atoms with Crippen molar-refractivity contribution in [2.45, 2.75) is 44.7 Å². The van der Waals surface area contributed by atoms with E-state index in [2.05, 4.69) is 0 Å². The van der Waals surface area contributed by atoms with E-state index in [0.717, 1.165) is 0 Å². The number of halogens is 2. The second-order valence-corrected chi connectivity index (χ2v) is 9.42. The lowest BCUT2D eigenvalue weighted by molar-refractivity contribution is -0.298. The minimum atomic E-state index is -3.10. The minimum absolute atomic E-state index is 0.120. The Labute approximate surface area is 96.2 Å². The van der Waals surface area contributed by atoms with Crippen LogP contribution < -0.4 is 0 Å². The first-order valence-corrected chi connectivity index (χ1v) is 8.93. The summed E-state index contributed by atoms with van der Waals surface area (Å²) in [5.74, 6) is -4.88. The van der Waals surface area contributed by atoms with Gasteiger partial charge in [0.2, 0.25) is 5.79 Å². The van der Waals surface area contributed by atoms with E-state index >= 15 is 0 Å². The molecule has 0 aromatic rings. The summed E-state index contributed by atoms with van der Waals surface area (Å²) >= 11 is 0. The SMILES string of the molecule is CCC1(C(F)(F)CO[Si](C)(C)C)OCCO1. The largest absolute Gasteiger partial charge is 0.411 e. The molecule has 0 bridgehead atoms. The molecule has 0 N–H and O–H groups in total. The summed E-state index contributed by atoms with van der Waals surface area (Å²) in [7, 11) is -1.95. The lowest BCUT2D eigenvalue weighted by Gasteiger charge is -2.35. The summed E-state index contributed by atoms with van der Waals surface area (Å²) in [6.07, 6.45) is 0.120. The summed E-state index contributed by atoms with van der Waals surface area (Å²) in [5, 5.41) is 0. The maximum Gasteiger partial charge on any atom is 0.322 e. The van der Waals surface area contributed by atoms with Gasteiger partial charge < -0.3 is 13.9 Å². The van der Waals surface area contributed by atoms with Crippen LogP contribution in [0.15, 0.2) is 0 Å². The third-order valence-electron chi connectivity index (χ3n) is 2.46. The van der Waals surface area contributed by atoms with Gasteiger partial charge >= 0.3 is 5.92 Å². The standard InChI is InChI=1S/C10H20F2O3Si/c1-5-10(13-6-7-14-10)9(11,12)8-15-16(2,3)4/h5-8H2,1-4H3. The summed E-state index contributed by atoms with van der Waals surface area (Å²) in [4.78, 5) is 0. The Kier molecular flexibility index (Phi) is 4.10. The molecule has 3 nitrogen and oxygen atoms in total. The zero-order chi connectivity index (χ0) is 12.4. The molecule has 0 aromatic heterocycles. The summed E-state index contributed by atoms with van der Waals surface area (Å²) in [5.41, 5.74) is 0. The molecular formula is C10H20F2O3Si. The van der Waals surface area contributed by atoms with E-state index in [9.17, 15) is 8.78 Å². The van der Waals surface area contributed by atoms with Crippen molar-refractivity contribution in [3.63, 3.8) is 0 Å². The maximum atomic E-state index is 14.0. The first-order chi connectivity index (χ1) is 7.22. The first-order valence-electron chi connectivity index (χ1n) is 5.52. The number of hydrogen-bond acceptors (Lipinski definition) is 3. The summed E-state index contributed by atoms with van der Waals surface area (Å²) in [6, 6.07) is 0. The summed E-state index contributed by atoms with van der Waals surface area (Å²) < 4.78 is 43.4. The van der Waals surface area contributed by atoms with Gasteiger partial charge in [0.25, 0.3) is 0 Å². The van der Waals surface area contributed by atoms with Gasteiger partial charge in [0.1, 0.15) is 6.61 Å². The van der Waals surface area contributed by atoms with E-state index in [1.165, 1.54) is 0 Å². The van der Waals surface area contributed by atoms with Crippen molar-refractivity contribution in [2.24, 2.45) is 0 Å². The average Bonchev–Trinajstić information content (AvgIpc) is 2.63. The zero-order valence-corrected chi connectivity index (χ0v) is 11.3. The topological polar surface area (TPSA) is 27.7 Å². The molecule has 0 saturated carbocycles. The van der Waals surface area contributed by atoms with Gasteiger partial charge in [-0.3, -0.25) is 0 Å². The second-order valence-electron chi connectivity index (χ2n) is 4.91.